The SMILES string of the molecule is COc1ccc(Br)c(COc2cccc(N)c2Br)c1. The summed E-state index contributed by atoms with van der Waals surface area (Å²) in [7, 11) is 1.64. The van der Waals surface area contributed by atoms with E-state index in [-0.39, 0.29) is 0 Å². The highest BCUT2D eigenvalue weighted by Gasteiger charge is 2.07. The van der Waals surface area contributed by atoms with Crippen molar-refractivity contribution in [1.82, 2.24) is 0 Å². The van der Waals surface area contributed by atoms with E-state index in [4.69, 9.17) is 15.2 Å². The van der Waals surface area contributed by atoms with Gasteiger partial charge < -0.3 is 15.2 Å². The lowest BCUT2D eigenvalue weighted by Crippen LogP contribution is -1.99. The zero-order valence-corrected chi connectivity index (χ0v) is 13.5. The zero-order chi connectivity index (χ0) is 13.8. The molecule has 0 unspecified atom stereocenters. The number of rotatable bonds is 4. The summed E-state index contributed by atoms with van der Waals surface area (Å²) in [5.74, 6) is 1.52. The maximum Gasteiger partial charge on any atom is 0.136 e. The fourth-order valence-electron chi connectivity index (χ4n) is 1.58. The van der Waals surface area contributed by atoms with Gasteiger partial charge in [-0.2, -0.15) is 0 Å². The molecule has 0 bridgehead atoms. The summed E-state index contributed by atoms with van der Waals surface area (Å²) in [5.41, 5.74) is 7.47. The van der Waals surface area contributed by atoms with Gasteiger partial charge in [0.05, 0.1) is 11.6 Å². The van der Waals surface area contributed by atoms with E-state index in [1.54, 1.807) is 7.11 Å². The van der Waals surface area contributed by atoms with E-state index in [0.29, 0.717) is 12.3 Å². The number of halogens is 2. The summed E-state index contributed by atoms with van der Waals surface area (Å²) in [4.78, 5) is 0. The van der Waals surface area contributed by atoms with Gasteiger partial charge in [0.1, 0.15) is 18.1 Å². The van der Waals surface area contributed by atoms with Crippen LogP contribution in [0.1, 0.15) is 5.56 Å². The molecule has 0 saturated heterocycles. The lowest BCUT2D eigenvalue weighted by atomic mass is 10.2. The van der Waals surface area contributed by atoms with Crippen molar-refractivity contribution in [3.63, 3.8) is 0 Å². The molecule has 0 amide bonds. The first-order valence-electron chi connectivity index (χ1n) is 5.61. The molecule has 0 radical (unpaired) electrons. The average molecular weight is 387 g/mol. The maximum absolute atomic E-state index is 5.81. The highest BCUT2D eigenvalue weighted by Crippen LogP contribution is 2.31. The molecule has 19 heavy (non-hydrogen) atoms. The van der Waals surface area contributed by atoms with Crippen LogP contribution in [0.3, 0.4) is 0 Å². The standard InChI is InChI=1S/C14H13Br2NO2/c1-18-10-5-6-11(15)9(7-10)8-19-13-4-2-3-12(17)14(13)16/h2-7H,8,17H2,1H3. The number of anilines is 1. The van der Waals surface area contributed by atoms with Crippen LogP contribution in [0.2, 0.25) is 0 Å². The molecular formula is C14H13Br2NO2. The van der Waals surface area contributed by atoms with Crippen LogP contribution in [0.4, 0.5) is 5.69 Å². The summed E-state index contributed by atoms with van der Waals surface area (Å²) in [6, 6.07) is 11.3. The molecule has 0 atom stereocenters. The van der Waals surface area contributed by atoms with E-state index < -0.39 is 0 Å². The largest absolute Gasteiger partial charge is 0.497 e. The lowest BCUT2D eigenvalue weighted by molar-refractivity contribution is 0.302. The van der Waals surface area contributed by atoms with E-state index in [1.807, 2.05) is 36.4 Å². The van der Waals surface area contributed by atoms with Crippen molar-refractivity contribution in [3.05, 3.63) is 50.9 Å². The van der Waals surface area contributed by atoms with Gasteiger partial charge in [-0.25, -0.2) is 0 Å². The van der Waals surface area contributed by atoms with Gasteiger partial charge in [-0.15, -0.1) is 0 Å². The van der Waals surface area contributed by atoms with Crippen LogP contribution < -0.4 is 15.2 Å². The molecule has 0 heterocycles. The van der Waals surface area contributed by atoms with Gasteiger partial charge in [-0.05, 0) is 46.3 Å². The number of benzene rings is 2. The normalized spacial score (nSPS) is 10.3. The lowest BCUT2D eigenvalue weighted by Gasteiger charge is -2.11. The Bertz CT molecular complexity index is 588. The van der Waals surface area contributed by atoms with Gasteiger partial charge in [-0.1, -0.05) is 22.0 Å². The number of hydrogen-bond donors (Lipinski definition) is 1. The Kier molecular flexibility index (Phi) is 4.71. The van der Waals surface area contributed by atoms with Crippen molar-refractivity contribution in [2.24, 2.45) is 0 Å². The molecule has 5 heteroatoms. The Hall–Kier alpha value is -1.20. The summed E-state index contributed by atoms with van der Waals surface area (Å²) in [5, 5.41) is 0. The fraction of sp³-hybridized carbons (Fsp3) is 0.143. The molecule has 100 valence electrons. The first-order valence-corrected chi connectivity index (χ1v) is 7.19. The molecule has 0 aliphatic carbocycles. The van der Waals surface area contributed by atoms with Crippen LogP contribution in [0.25, 0.3) is 0 Å². The smallest absolute Gasteiger partial charge is 0.136 e. The molecular weight excluding hydrogens is 374 g/mol. The first kappa shape index (κ1) is 14.2. The molecule has 2 aromatic rings. The molecule has 0 fully saturated rings. The van der Waals surface area contributed by atoms with E-state index in [0.717, 1.165) is 26.0 Å². The molecule has 2 aromatic carbocycles. The number of methoxy groups -OCH3 is 1. The molecule has 0 aliphatic rings. The molecule has 2 N–H and O–H groups in total. The van der Waals surface area contributed by atoms with Crippen LogP contribution in [0.5, 0.6) is 11.5 Å². The van der Waals surface area contributed by atoms with E-state index >= 15 is 0 Å². The molecule has 0 aliphatic heterocycles. The van der Waals surface area contributed by atoms with Gasteiger partial charge in [0.25, 0.3) is 0 Å². The average Bonchev–Trinajstić information content (AvgIpc) is 2.42. The minimum absolute atomic E-state index is 0.430. The van der Waals surface area contributed by atoms with Crippen molar-refractivity contribution in [2.75, 3.05) is 12.8 Å². The molecule has 3 nitrogen and oxygen atoms in total. The fourth-order valence-corrected chi connectivity index (χ4v) is 2.32. The van der Waals surface area contributed by atoms with Crippen molar-refractivity contribution in [2.45, 2.75) is 6.61 Å². The number of ether oxygens (including phenoxy) is 2. The quantitative estimate of drug-likeness (QED) is 0.793. The molecule has 0 aromatic heterocycles. The minimum atomic E-state index is 0.430. The van der Waals surface area contributed by atoms with E-state index in [1.165, 1.54) is 0 Å². The Morgan fingerprint density at radius 2 is 1.95 bits per heavy atom. The number of nitrogen functional groups attached to an aromatic ring is 1. The van der Waals surface area contributed by atoms with Gasteiger partial charge >= 0.3 is 0 Å². The van der Waals surface area contributed by atoms with Crippen LogP contribution >= 0.6 is 31.9 Å². The number of nitrogens with two attached hydrogens (primary N) is 1. The van der Waals surface area contributed by atoms with Gasteiger partial charge in [0.2, 0.25) is 0 Å². The predicted molar refractivity (Wildman–Crippen MR) is 83.6 cm³/mol. The zero-order valence-electron chi connectivity index (χ0n) is 10.3. The maximum atomic E-state index is 5.81. The highest BCUT2D eigenvalue weighted by atomic mass is 79.9. The van der Waals surface area contributed by atoms with Gasteiger partial charge in [-0.3, -0.25) is 0 Å². The second-order valence-electron chi connectivity index (χ2n) is 3.91. The Morgan fingerprint density at radius 1 is 1.16 bits per heavy atom. The van der Waals surface area contributed by atoms with Crippen LogP contribution in [-0.4, -0.2) is 7.11 Å². The molecule has 0 spiro atoms. The van der Waals surface area contributed by atoms with Crippen molar-refractivity contribution in [3.8, 4) is 11.5 Å². The van der Waals surface area contributed by atoms with Gasteiger partial charge in [0, 0.05) is 15.7 Å². The monoisotopic (exact) mass is 385 g/mol. The van der Waals surface area contributed by atoms with Crippen LogP contribution in [-0.2, 0) is 6.61 Å². The van der Waals surface area contributed by atoms with Crippen molar-refractivity contribution in [1.29, 1.82) is 0 Å². The Morgan fingerprint density at radius 3 is 2.68 bits per heavy atom. The highest BCUT2D eigenvalue weighted by molar-refractivity contribution is 9.11. The summed E-state index contributed by atoms with van der Waals surface area (Å²) >= 11 is 6.91. The van der Waals surface area contributed by atoms with E-state index in [9.17, 15) is 0 Å². The third-order valence-electron chi connectivity index (χ3n) is 2.63. The minimum Gasteiger partial charge on any atom is -0.497 e. The van der Waals surface area contributed by atoms with Crippen LogP contribution in [0.15, 0.2) is 45.3 Å². The summed E-state index contributed by atoms with van der Waals surface area (Å²) < 4.78 is 12.7. The van der Waals surface area contributed by atoms with Gasteiger partial charge in [0.15, 0.2) is 0 Å². The second kappa shape index (κ2) is 6.30. The van der Waals surface area contributed by atoms with E-state index in [2.05, 4.69) is 31.9 Å². The van der Waals surface area contributed by atoms with Crippen molar-refractivity contribution < 1.29 is 9.47 Å². The Balaban J connectivity index is 2.16. The Labute approximate surface area is 129 Å². The third kappa shape index (κ3) is 3.42. The van der Waals surface area contributed by atoms with Crippen molar-refractivity contribution >= 4 is 37.5 Å². The third-order valence-corrected chi connectivity index (χ3v) is 4.25. The summed E-state index contributed by atoms with van der Waals surface area (Å²) in [6.45, 7) is 0.430. The molecule has 2 rings (SSSR count). The second-order valence-corrected chi connectivity index (χ2v) is 5.55. The first-order chi connectivity index (χ1) is 9.11. The topological polar surface area (TPSA) is 44.5 Å². The predicted octanol–water partition coefficient (Wildman–Crippen LogP) is 4.38. The molecule has 0 saturated carbocycles. The number of hydrogen-bond acceptors (Lipinski definition) is 3. The van der Waals surface area contributed by atoms with Crippen LogP contribution in [0, 0.1) is 0 Å². The summed E-state index contributed by atoms with van der Waals surface area (Å²) in [6.07, 6.45) is 0.